The van der Waals surface area contributed by atoms with E-state index < -0.39 is 18.0 Å². The van der Waals surface area contributed by atoms with Gasteiger partial charge < -0.3 is 42.4 Å². The lowest BCUT2D eigenvalue weighted by atomic mass is 10.0. The predicted molar refractivity (Wildman–Crippen MR) is 166 cm³/mol. The van der Waals surface area contributed by atoms with Crippen LogP contribution < -0.4 is 32.6 Å². The molecule has 2 aromatic rings. The van der Waals surface area contributed by atoms with Crippen LogP contribution in [0.2, 0.25) is 0 Å². The Kier molecular flexibility index (Phi) is 16.2. The molecule has 42 heavy (non-hydrogen) atoms. The molecule has 0 fully saturated rings. The Morgan fingerprint density at radius 2 is 1.52 bits per heavy atom. The van der Waals surface area contributed by atoms with Gasteiger partial charge in [-0.1, -0.05) is 42.5 Å². The van der Waals surface area contributed by atoms with Crippen LogP contribution in [-0.4, -0.2) is 93.0 Å². The van der Waals surface area contributed by atoms with Crippen LogP contribution in [0.5, 0.6) is 5.75 Å². The molecule has 2 rings (SSSR count). The van der Waals surface area contributed by atoms with Gasteiger partial charge in [-0.25, -0.2) is 0 Å². The van der Waals surface area contributed by atoms with Crippen molar-refractivity contribution in [3.63, 3.8) is 0 Å². The zero-order valence-electron chi connectivity index (χ0n) is 25.1. The third kappa shape index (κ3) is 13.4. The summed E-state index contributed by atoms with van der Waals surface area (Å²) in [6.45, 7) is 3.10. The minimum absolute atomic E-state index is 0.201. The highest BCUT2D eigenvalue weighted by atomic mass is 16.5. The second-order valence-electron chi connectivity index (χ2n) is 10.6. The van der Waals surface area contributed by atoms with Crippen LogP contribution in [0.3, 0.4) is 0 Å². The number of hydrogen-bond acceptors (Lipinski definition) is 8. The maximum atomic E-state index is 13.2. The third-order valence-electron chi connectivity index (χ3n) is 6.72. The van der Waals surface area contributed by atoms with Crippen LogP contribution in [-0.2, 0) is 27.3 Å². The molecule has 0 aliphatic rings. The van der Waals surface area contributed by atoms with E-state index in [1.54, 1.807) is 0 Å². The molecule has 3 amide bonds. The normalized spacial score (nSPS) is 12.4. The smallest absolute Gasteiger partial charge is 0.242 e. The first-order valence-corrected chi connectivity index (χ1v) is 14.7. The first-order chi connectivity index (χ1) is 20.2. The van der Waals surface area contributed by atoms with Crippen LogP contribution in [0, 0.1) is 0 Å². The number of hydrogen-bond donors (Lipinski definition) is 5. The van der Waals surface area contributed by atoms with Crippen LogP contribution >= 0.6 is 0 Å². The lowest BCUT2D eigenvalue weighted by molar-refractivity contribution is -0.135. The quantitative estimate of drug-likeness (QED) is 0.141. The standard InChI is InChI=1S/C31H49N7O4/c1-37(2)18-7-21-42-26-14-12-25(13-15-26)23-35-31(41)28(11-6-10-24-8-4-3-5-9-24)36-30(40)27(34)22-29(39)38(19-16-32)20-17-33/h3-5,8-9,12-15,27-28H,6-7,10-11,16-23,32-34H2,1-2H3,(H,35,41)(H,36,40). The molecule has 0 spiro atoms. The van der Waals surface area contributed by atoms with Crippen molar-refractivity contribution >= 4 is 17.7 Å². The number of nitrogens with one attached hydrogen (secondary N) is 2. The second kappa shape index (κ2) is 19.6. The molecule has 2 unspecified atom stereocenters. The number of nitrogens with zero attached hydrogens (tertiary/aromatic N) is 2. The Hall–Kier alpha value is -3.51. The fraction of sp³-hybridized carbons (Fsp3) is 0.516. The molecular weight excluding hydrogens is 534 g/mol. The van der Waals surface area contributed by atoms with Crippen molar-refractivity contribution in [2.45, 2.75) is 50.7 Å². The van der Waals surface area contributed by atoms with Gasteiger partial charge in [0.25, 0.3) is 0 Å². The molecule has 8 N–H and O–H groups in total. The van der Waals surface area contributed by atoms with Gasteiger partial charge in [0.2, 0.25) is 17.7 Å². The largest absolute Gasteiger partial charge is 0.494 e. The molecular formula is C31H49N7O4. The average molecular weight is 584 g/mol. The van der Waals surface area contributed by atoms with Crippen LogP contribution in [0.4, 0.5) is 0 Å². The fourth-order valence-corrected chi connectivity index (χ4v) is 4.37. The van der Waals surface area contributed by atoms with Crippen LogP contribution in [0.15, 0.2) is 54.6 Å². The molecule has 0 bridgehead atoms. The molecule has 0 aliphatic heterocycles. The number of rotatable bonds is 20. The van der Waals surface area contributed by atoms with Crippen molar-refractivity contribution in [3.8, 4) is 5.75 Å². The summed E-state index contributed by atoms with van der Waals surface area (Å²) in [4.78, 5) is 42.4. The molecule has 0 heterocycles. The molecule has 2 aromatic carbocycles. The molecule has 232 valence electrons. The molecule has 0 saturated heterocycles. The maximum Gasteiger partial charge on any atom is 0.242 e. The van der Waals surface area contributed by atoms with Crippen molar-refractivity contribution in [1.29, 1.82) is 0 Å². The Bertz CT molecular complexity index is 1060. The Morgan fingerprint density at radius 1 is 0.857 bits per heavy atom. The lowest BCUT2D eigenvalue weighted by Gasteiger charge is -2.24. The number of ether oxygens (including phenoxy) is 1. The Labute approximate surface area is 250 Å². The summed E-state index contributed by atoms with van der Waals surface area (Å²) in [6.07, 6.45) is 2.58. The number of carbonyl (C=O) groups excluding carboxylic acids is 3. The molecule has 0 radical (unpaired) electrons. The molecule has 0 saturated carbocycles. The van der Waals surface area contributed by atoms with Gasteiger partial charge in [0.15, 0.2) is 0 Å². The van der Waals surface area contributed by atoms with Crippen molar-refractivity contribution in [1.82, 2.24) is 20.4 Å². The fourth-order valence-electron chi connectivity index (χ4n) is 4.37. The van der Waals surface area contributed by atoms with E-state index in [2.05, 4.69) is 15.5 Å². The summed E-state index contributed by atoms with van der Waals surface area (Å²) in [5.74, 6) is -0.398. The van der Waals surface area contributed by atoms with E-state index in [9.17, 15) is 14.4 Å². The number of carbonyl (C=O) groups is 3. The molecule has 11 nitrogen and oxygen atoms in total. The number of aryl methyl sites for hydroxylation is 1. The molecule has 11 heteroatoms. The van der Waals surface area contributed by atoms with E-state index in [1.165, 1.54) is 4.90 Å². The summed E-state index contributed by atoms with van der Waals surface area (Å²) < 4.78 is 5.78. The predicted octanol–water partition coefficient (Wildman–Crippen LogP) is 0.604. The van der Waals surface area contributed by atoms with Crippen molar-refractivity contribution in [2.24, 2.45) is 17.2 Å². The van der Waals surface area contributed by atoms with Crippen molar-refractivity contribution in [2.75, 3.05) is 53.4 Å². The van der Waals surface area contributed by atoms with E-state index in [-0.39, 0.29) is 31.3 Å². The summed E-state index contributed by atoms with van der Waals surface area (Å²) in [7, 11) is 4.05. The first kappa shape index (κ1) is 34.7. The summed E-state index contributed by atoms with van der Waals surface area (Å²) >= 11 is 0. The maximum absolute atomic E-state index is 13.2. The Balaban J connectivity index is 1.96. The van der Waals surface area contributed by atoms with E-state index in [1.807, 2.05) is 68.7 Å². The van der Waals surface area contributed by atoms with E-state index in [0.29, 0.717) is 39.1 Å². The van der Waals surface area contributed by atoms with Crippen LogP contribution in [0.25, 0.3) is 0 Å². The highest BCUT2D eigenvalue weighted by Crippen LogP contribution is 2.13. The number of amides is 3. The topological polar surface area (TPSA) is 169 Å². The lowest BCUT2D eigenvalue weighted by Crippen LogP contribution is -2.53. The number of nitrogens with two attached hydrogens (primary N) is 3. The van der Waals surface area contributed by atoms with Gasteiger partial charge in [-0.3, -0.25) is 14.4 Å². The van der Waals surface area contributed by atoms with Gasteiger partial charge in [-0.05, 0) is 63.0 Å². The van der Waals surface area contributed by atoms with E-state index in [0.717, 1.165) is 36.3 Å². The zero-order chi connectivity index (χ0) is 30.7. The minimum Gasteiger partial charge on any atom is -0.494 e. The minimum atomic E-state index is -1.11. The van der Waals surface area contributed by atoms with Crippen molar-refractivity contribution in [3.05, 3.63) is 65.7 Å². The first-order valence-electron chi connectivity index (χ1n) is 14.7. The summed E-state index contributed by atoms with van der Waals surface area (Å²) in [5, 5.41) is 5.70. The second-order valence-corrected chi connectivity index (χ2v) is 10.6. The van der Waals surface area contributed by atoms with Crippen molar-refractivity contribution < 1.29 is 19.1 Å². The van der Waals surface area contributed by atoms with Gasteiger partial charge in [-0.15, -0.1) is 0 Å². The van der Waals surface area contributed by atoms with Gasteiger partial charge >= 0.3 is 0 Å². The van der Waals surface area contributed by atoms with E-state index in [4.69, 9.17) is 21.9 Å². The SMILES string of the molecule is CN(C)CCCOc1ccc(CNC(=O)C(CCCc2ccccc2)NC(=O)C(N)CC(=O)N(CCN)CCN)cc1. The summed E-state index contributed by atoms with van der Waals surface area (Å²) in [6, 6.07) is 15.6. The van der Waals surface area contributed by atoms with Gasteiger partial charge in [0, 0.05) is 39.3 Å². The average Bonchev–Trinajstić information content (AvgIpc) is 2.98. The molecule has 0 aliphatic carbocycles. The molecule has 2 atom stereocenters. The van der Waals surface area contributed by atoms with Crippen LogP contribution in [0.1, 0.15) is 36.8 Å². The van der Waals surface area contributed by atoms with E-state index >= 15 is 0 Å². The van der Waals surface area contributed by atoms with Gasteiger partial charge in [0.05, 0.1) is 19.1 Å². The molecule has 0 aromatic heterocycles. The third-order valence-corrected chi connectivity index (χ3v) is 6.72. The summed E-state index contributed by atoms with van der Waals surface area (Å²) in [5.41, 5.74) is 19.3. The highest BCUT2D eigenvalue weighted by Gasteiger charge is 2.26. The zero-order valence-corrected chi connectivity index (χ0v) is 25.1. The monoisotopic (exact) mass is 583 g/mol. The number of benzene rings is 2. The van der Waals surface area contributed by atoms with Gasteiger partial charge in [0.1, 0.15) is 11.8 Å². The Morgan fingerprint density at radius 3 is 2.14 bits per heavy atom. The highest BCUT2D eigenvalue weighted by molar-refractivity contribution is 5.92. The van der Waals surface area contributed by atoms with Gasteiger partial charge in [-0.2, -0.15) is 0 Å².